The third-order valence-electron chi connectivity index (χ3n) is 1.71. The molecule has 0 aromatic carbocycles. The third-order valence-corrected chi connectivity index (χ3v) is 2.34. The van der Waals surface area contributed by atoms with Crippen LogP contribution in [0.3, 0.4) is 0 Å². The molecule has 0 spiro atoms. The average Bonchev–Trinajstić information content (AvgIpc) is 2.34. The Morgan fingerprint density at radius 1 is 1.70 bits per heavy atom. The van der Waals surface area contributed by atoms with Crippen molar-refractivity contribution in [2.24, 2.45) is 10.9 Å². The quantitative estimate of drug-likeness (QED) is 0.622. The highest BCUT2D eigenvalue weighted by atomic mass is 32.2. The molecular formula is C7H14N2S. The number of nitrogens with zero attached hydrogens (tertiary/aromatic N) is 1. The van der Waals surface area contributed by atoms with Crippen molar-refractivity contribution in [2.75, 3.05) is 12.8 Å². The van der Waals surface area contributed by atoms with Gasteiger partial charge in [-0.25, -0.2) is 0 Å². The standard InChI is InChI=1S/C7H14N2S/c1-5(2)6-4-8-7(9-6)10-3/h5-6H,4H2,1-3H3,(H,8,9). The van der Waals surface area contributed by atoms with Gasteiger partial charge in [0.15, 0.2) is 5.17 Å². The van der Waals surface area contributed by atoms with Crippen molar-refractivity contribution >= 4 is 16.9 Å². The van der Waals surface area contributed by atoms with E-state index >= 15 is 0 Å². The number of hydrogen-bond acceptors (Lipinski definition) is 3. The van der Waals surface area contributed by atoms with Gasteiger partial charge in [0.25, 0.3) is 0 Å². The molecule has 1 aliphatic rings. The molecule has 10 heavy (non-hydrogen) atoms. The Hall–Kier alpha value is -0.180. The van der Waals surface area contributed by atoms with E-state index in [-0.39, 0.29) is 0 Å². The molecule has 0 radical (unpaired) electrons. The minimum atomic E-state index is 0.502. The van der Waals surface area contributed by atoms with Gasteiger partial charge in [0.2, 0.25) is 0 Å². The molecule has 0 fully saturated rings. The molecular weight excluding hydrogens is 144 g/mol. The van der Waals surface area contributed by atoms with Crippen molar-refractivity contribution in [3.8, 4) is 0 Å². The molecule has 0 saturated carbocycles. The molecule has 1 atom stereocenters. The lowest BCUT2D eigenvalue weighted by Gasteiger charge is -2.07. The molecule has 0 aromatic heterocycles. The second-order valence-corrected chi connectivity index (χ2v) is 3.63. The van der Waals surface area contributed by atoms with Gasteiger partial charge < -0.3 is 5.32 Å². The molecule has 0 saturated heterocycles. The Morgan fingerprint density at radius 3 is 2.70 bits per heavy atom. The summed E-state index contributed by atoms with van der Waals surface area (Å²) in [5.41, 5.74) is 0. The predicted octanol–water partition coefficient (Wildman–Crippen LogP) is 1.33. The molecule has 0 bridgehead atoms. The van der Waals surface area contributed by atoms with E-state index in [9.17, 15) is 0 Å². The van der Waals surface area contributed by atoms with E-state index in [0.29, 0.717) is 12.0 Å². The number of amidine groups is 1. The SMILES string of the molecule is CSC1=NC(C(C)C)CN1. The molecule has 1 heterocycles. The summed E-state index contributed by atoms with van der Waals surface area (Å²) in [7, 11) is 0. The maximum absolute atomic E-state index is 4.47. The van der Waals surface area contributed by atoms with Crippen molar-refractivity contribution in [3.05, 3.63) is 0 Å². The summed E-state index contributed by atoms with van der Waals surface area (Å²) >= 11 is 1.69. The van der Waals surface area contributed by atoms with Crippen molar-refractivity contribution in [2.45, 2.75) is 19.9 Å². The van der Waals surface area contributed by atoms with Crippen LogP contribution in [-0.4, -0.2) is 24.0 Å². The smallest absolute Gasteiger partial charge is 0.156 e. The number of thioether (sulfide) groups is 1. The zero-order valence-corrected chi connectivity index (χ0v) is 7.53. The van der Waals surface area contributed by atoms with Gasteiger partial charge in [-0.15, -0.1) is 0 Å². The van der Waals surface area contributed by atoms with E-state index in [1.807, 2.05) is 0 Å². The number of nitrogens with one attached hydrogen (secondary N) is 1. The van der Waals surface area contributed by atoms with Gasteiger partial charge in [0, 0.05) is 6.54 Å². The maximum Gasteiger partial charge on any atom is 0.156 e. The fraction of sp³-hybridized carbons (Fsp3) is 0.857. The van der Waals surface area contributed by atoms with Gasteiger partial charge >= 0.3 is 0 Å². The van der Waals surface area contributed by atoms with Crippen LogP contribution in [0.1, 0.15) is 13.8 Å². The molecule has 0 aliphatic carbocycles. The highest BCUT2D eigenvalue weighted by molar-refractivity contribution is 8.13. The molecule has 2 nitrogen and oxygen atoms in total. The first-order valence-corrected chi connectivity index (χ1v) is 4.82. The van der Waals surface area contributed by atoms with Gasteiger partial charge in [0.1, 0.15) is 0 Å². The van der Waals surface area contributed by atoms with Crippen LogP contribution >= 0.6 is 11.8 Å². The molecule has 0 aromatic rings. The van der Waals surface area contributed by atoms with Gasteiger partial charge in [-0.05, 0) is 12.2 Å². The van der Waals surface area contributed by atoms with Crippen LogP contribution < -0.4 is 5.32 Å². The van der Waals surface area contributed by atoms with Crippen LogP contribution in [0.2, 0.25) is 0 Å². The molecule has 0 amide bonds. The second-order valence-electron chi connectivity index (χ2n) is 2.83. The minimum Gasteiger partial charge on any atom is -0.363 e. The van der Waals surface area contributed by atoms with Crippen LogP contribution in [0.5, 0.6) is 0 Å². The Kier molecular flexibility index (Phi) is 2.60. The summed E-state index contributed by atoms with van der Waals surface area (Å²) in [6, 6.07) is 0.502. The molecule has 1 unspecified atom stereocenters. The van der Waals surface area contributed by atoms with Crippen molar-refractivity contribution < 1.29 is 0 Å². The Labute approximate surface area is 66.5 Å². The first-order chi connectivity index (χ1) is 4.74. The van der Waals surface area contributed by atoms with Crippen molar-refractivity contribution in [1.29, 1.82) is 0 Å². The summed E-state index contributed by atoms with van der Waals surface area (Å²) in [5, 5.41) is 4.35. The number of hydrogen-bond donors (Lipinski definition) is 1. The van der Waals surface area contributed by atoms with E-state index in [1.54, 1.807) is 11.8 Å². The Morgan fingerprint density at radius 2 is 2.40 bits per heavy atom. The highest BCUT2D eigenvalue weighted by Crippen LogP contribution is 2.12. The molecule has 58 valence electrons. The van der Waals surface area contributed by atoms with Gasteiger partial charge in [0.05, 0.1) is 6.04 Å². The van der Waals surface area contributed by atoms with Crippen LogP contribution in [0, 0.1) is 5.92 Å². The fourth-order valence-corrected chi connectivity index (χ4v) is 1.41. The Bertz CT molecular complexity index is 143. The van der Waals surface area contributed by atoms with Gasteiger partial charge in [-0.3, -0.25) is 4.99 Å². The first kappa shape index (κ1) is 7.92. The van der Waals surface area contributed by atoms with E-state index in [4.69, 9.17) is 0 Å². The zero-order chi connectivity index (χ0) is 7.56. The third kappa shape index (κ3) is 1.66. The maximum atomic E-state index is 4.47. The van der Waals surface area contributed by atoms with E-state index in [0.717, 1.165) is 11.7 Å². The topological polar surface area (TPSA) is 24.4 Å². The lowest BCUT2D eigenvalue weighted by Crippen LogP contribution is -2.22. The monoisotopic (exact) mass is 158 g/mol. The Balaban J connectivity index is 2.47. The lowest BCUT2D eigenvalue weighted by molar-refractivity contribution is 0.512. The highest BCUT2D eigenvalue weighted by Gasteiger charge is 2.18. The van der Waals surface area contributed by atoms with E-state index in [1.165, 1.54) is 0 Å². The van der Waals surface area contributed by atoms with E-state index in [2.05, 4.69) is 30.4 Å². The van der Waals surface area contributed by atoms with Crippen molar-refractivity contribution in [3.63, 3.8) is 0 Å². The minimum absolute atomic E-state index is 0.502. The normalized spacial score (nSPS) is 24.8. The van der Waals surface area contributed by atoms with Crippen LogP contribution in [0.15, 0.2) is 4.99 Å². The summed E-state index contributed by atoms with van der Waals surface area (Å²) in [4.78, 5) is 4.47. The first-order valence-electron chi connectivity index (χ1n) is 3.59. The lowest BCUT2D eigenvalue weighted by atomic mass is 10.1. The fourth-order valence-electron chi connectivity index (χ4n) is 0.943. The van der Waals surface area contributed by atoms with Crippen LogP contribution in [0.25, 0.3) is 0 Å². The summed E-state index contributed by atoms with van der Waals surface area (Å²) in [6.07, 6.45) is 2.05. The largest absolute Gasteiger partial charge is 0.363 e. The van der Waals surface area contributed by atoms with Gasteiger partial charge in [-0.1, -0.05) is 25.6 Å². The molecule has 1 aliphatic heterocycles. The number of aliphatic imine (C=N–C) groups is 1. The van der Waals surface area contributed by atoms with Gasteiger partial charge in [-0.2, -0.15) is 0 Å². The second kappa shape index (κ2) is 3.28. The summed E-state index contributed by atoms with van der Waals surface area (Å²) in [6.45, 7) is 5.44. The van der Waals surface area contributed by atoms with Crippen LogP contribution in [-0.2, 0) is 0 Å². The van der Waals surface area contributed by atoms with E-state index < -0.39 is 0 Å². The zero-order valence-electron chi connectivity index (χ0n) is 6.72. The van der Waals surface area contributed by atoms with Crippen molar-refractivity contribution in [1.82, 2.24) is 5.32 Å². The molecule has 3 heteroatoms. The summed E-state index contributed by atoms with van der Waals surface area (Å²) < 4.78 is 0. The predicted molar refractivity (Wildman–Crippen MR) is 47.6 cm³/mol. The number of rotatable bonds is 1. The van der Waals surface area contributed by atoms with Crippen LogP contribution in [0.4, 0.5) is 0 Å². The molecule has 1 rings (SSSR count). The molecule has 1 N–H and O–H groups in total. The summed E-state index contributed by atoms with van der Waals surface area (Å²) in [5.74, 6) is 0.664. The average molecular weight is 158 g/mol.